The van der Waals surface area contributed by atoms with Crippen LogP contribution >= 0.6 is 0 Å². The minimum absolute atomic E-state index is 0.0465. The van der Waals surface area contributed by atoms with E-state index in [4.69, 9.17) is 9.94 Å². The molecule has 0 radical (unpaired) electrons. The second kappa shape index (κ2) is 8.91. The number of rotatable bonds is 4. The number of anilines is 1. The zero-order valence-corrected chi connectivity index (χ0v) is 14.6. The molecule has 0 spiro atoms. The fourth-order valence-electron chi connectivity index (χ4n) is 2.54. The Bertz CT molecular complexity index is 610. The normalized spacial score (nSPS) is 15.0. The highest BCUT2D eigenvalue weighted by Crippen LogP contribution is 2.16. The SMILES string of the molecule is CN(C)C(=O)O/C(CCC(=O)N1CCN(c2ccccc2)CC1)=N\O. The van der Waals surface area contributed by atoms with Crippen LogP contribution in [0.3, 0.4) is 0 Å². The molecule has 1 aromatic carbocycles. The van der Waals surface area contributed by atoms with E-state index in [-0.39, 0.29) is 24.6 Å². The Labute approximate surface area is 147 Å². The summed E-state index contributed by atoms with van der Waals surface area (Å²) in [5, 5.41) is 11.8. The van der Waals surface area contributed by atoms with E-state index in [9.17, 15) is 9.59 Å². The summed E-state index contributed by atoms with van der Waals surface area (Å²) in [7, 11) is 3.05. The lowest BCUT2D eigenvalue weighted by atomic mass is 10.2. The average molecular weight is 348 g/mol. The van der Waals surface area contributed by atoms with Gasteiger partial charge in [0.05, 0.1) is 0 Å². The monoisotopic (exact) mass is 348 g/mol. The Balaban J connectivity index is 1.77. The first-order valence-electron chi connectivity index (χ1n) is 8.19. The Morgan fingerprint density at radius 3 is 2.32 bits per heavy atom. The first-order chi connectivity index (χ1) is 12.0. The van der Waals surface area contributed by atoms with Gasteiger partial charge in [-0.25, -0.2) is 4.79 Å². The molecule has 25 heavy (non-hydrogen) atoms. The third-order valence-electron chi connectivity index (χ3n) is 3.99. The van der Waals surface area contributed by atoms with Crippen LogP contribution in [0, 0.1) is 0 Å². The number of oxime groups is 1. The quantitative estimate of drug-likeness (QED) is 0.387. The number of benzene rings is 1. The molecule has 0 aliphatic carbocycles. The molecule has 1 aliphatic heterocycles. The van der Waals surface area contributed by atoms with Crippen molar-refractivity contribution >= 4 is 23.6 Å². The van der Waals surface area contributed by atoms with Crippen molar-refractivity contribution in [1.29, 1.82) is 0 Å². The van der Waals surface area contributed by atoms with Crippen LogP contribution in [0.15, 0.2) is 35.5 Å². The van der Waals surface area contributed by atoms with Gasteiger partial charge in [0, 0.05) is 58.8 Å². The van der Waals surface area contributed by atoms with Gasteiger partial charge in [0.25, 0.3) is 0 Å². The summed E-state index contributed by atoms with van der Waals surface area (Å²) in [6.07, 6.45) is -0.434. The van der Waals surface area contributed by atoms with Gasteiger partial charge < -0.3 is 24.6 Å². The standard InChI is InChI=1S/C17H24N4O4/c1-19(2)17(23)25-15(18-24)8-9-16(22)21-12-10-20(11-13-21)14-6-4-3-5-7-14/h3-7,24H,8-13H2,1-2H3/b18-15-. The van der Waals surface area contributed by atoms with E-state index in [1.54, 1.807) is 4.90 Å². The molecule has 2 rings (SSSR count). The highest BCUT2D eigenvalue weighted by Gasteiger charge is 2.22. The van der Waals surface area contributed by atoms with Crippen LogP contribution in [0.25, 0.3) is 0 Å². The lowest BCUT2D eigenvalue weighted by Crippen LogP contribution is -2.48. The number of nitrogens with zero attached hydrogens (tertiary/aromatic N) is 4. The van der Waals surface area contributed by atoms with Crippen molar-refractivity contribution in [3.8, 4) is 0 Å². The van der Waals surface area contributed by atoms with Gasteiger partial charge in [-0.15, -0.1) is 0 Å². The minimum Gasteiger partial charge on any atom is -0.408 e. The molecule has 0 atom stereocenters. The second-order valence-electron chi connectivity index (χ2n) is 5.96. The summed E-state index contributed by atoms with van der Waals surface area (Å²) >= 11 is 0. The molecule has 0 aromatic heterocycles. The van der Waals surface area contributed by atoms with Crippen molar-refractivity contribution in [2.24, 2.45) is 5.16 Å². The number of hydrogen-bond acceptors (Lipinski definition) is 6. The van der Waals surface area contributed by atoms with Gasteiger partial charge in [-0.3, -0.25) is 4.79 Å². The number of ether oxygens (including phenoxy) is 1. The van der Waals surface area contributed by atoms with Crippen LogP contribution in [0.2, 0.25) is 0 Å². The molecule has 8 nitrogen and oxygen atoms in total. The molecule has 8 heteroatoms. The largest absolute Gasteiger partial charge is 0.415 e. The van der Waals surface area contributed by atoms with Gasteiger partial charge >= 0.3 is 6.09 Å². The molecule has 0 bridgehead atoms. The van der Waals surface area contributed by atoms with E-state index in [1.165, 1.54) is 19.0 Å². The number of hydrogen-bond donors (Lipinski definition) is 1. The first-order valence-corrected chi connectivity index (χ1v) is 8.19. The molecule has 1 heterocycles. The van der Waals surface area contributed by atoms with Gasteiger partial charge in [0.15, 0.2) is 0 Å². The zero-order valence-electron chi connectivity index (χ0n) is 14.6. The van der Waals surface area contributed by atoms with Gasteiger partial charge in [-0.1, -0.05) is 23.4 Å². The molecule has 1 N–H and O–H groups in total. The highest BCUT2D eigenvalue weighted by molar-refractivity contribution is 5.90. The zero-order chi connectivity index (χ0) is 18.2. The molecule has 1 fully saturated rings. The minimum atomic E-state index is -0.642. The second-order valence-corrected chi connectivity index (χ2v) is 5.96. The van der Waals surface area contributed by atoms with Crippen molar-refractivity contribution < 1.29 is 19.5 Å². The van der Waals surface area contributed by atoms with Crippen molar-refractivity contribution in [3.63, 3.8) is 0 Å². The number of para-hydroxylation sites is 1. The van der Waals surface area contributed by atoms with Crippen LogP contribution in [0.1, 0.15) is 12.8 Å². The van der Waals surface area contributed by atoms with E-state index in [0.29, 0.717) is 13.1 Å². The fraction of sp³-hybridized carbons (Fsp3) is 0.471. The van der Waals surface area contributed by atoms with E-state index in [0.717, 1.165) is 18.8 Å². The fourth-order valence-corrected chi connectivity index (χ4v) is 2.54. The molecule has 1 saturated heterocycles. The summed E-state index contributed by atoms with van der Waals surface area (Å²) in [4.78, 5) is 29.0. The number of carbonyl (C=O) groups is 2. The van der Waals surface area contributed by atoms with Crippen LogP contribution in [-0.2, 0) is 9.53 Å². The average Bonchev–Trinajstić information content (AvgIpc) is 2.65. The lowest BCUT2D eigenvalue weighted by Gasteiger charge is -2.36. The van der Waals surface area contributed by atoms with E-state index >= 15 is 0 Å². The van der Waals surface area contributed by atoms with Crippen molar-refractivity contribution in [3.05, 3.63) is 30.3 Å². The Kier molecular flexibility index (Phi) is 6.62. The van der Waals surface area contributed by atoms with Crippen LogP contribution in [0.4, 0.5) is 10.5 Å². The summed E-state index contributed by atoms with van der Waals surface area (Å²) in [6, 6.07) is 10.1. The van der Waals surface area contributed by atoms with Crippen LogP contribution in [-0.4, -0.2) is 73.2 Å². The summed E-state index contributed by atoms with van der Waals surface area (Å²) in [5.74, 6) is -0.204. The summed E-state index contributed by atoms with van der Waals surface area (Å²) < 4.78 is 4.88. The van der Waals surface area contributed by atoms with Crippen molar-refractivity contribution in [1.82, 2.24) is 9.80 Å². The predicted octanol–water partition coefficient (Wildman–Crippen LogP) is 1.60. The van der Waals surface area contributed by atoms with E-state index < -0.39 is 6.09 Å². The van der Waals surface area contributed by atoms with Crippen LogP contribution in [0.5, 0.6) is 0 Å². The maximum Gasteiger partial charge on any atom is 0.415 e. The maximum absolute atomic E-state index is 12.3. The summed E-state index contributed by atoms with van der Waals surface area (Å²) in [5.41, 5.74) is 1.15. The molecule has 2 amide bonds. The molecule has 1 aliphatic rings. The van der Waals surface area contributed by atoms with Gasteiger partial charge in [0.2, 0.25) is 11.8 Å². The number of carbonyl (C=O) groups excluding carboxylic acids is 2. The number of piperazine rings is 1. The topological polar surface area (TPSA) is 85.7 Å². The highest BCUT2D eigenvalue weighted by atomic mass is 16.6. The molecule has 136 valence electrons. The molecule has 0 unspecified atom stereocenters. The Morgan fingerprint density at radius 1 is 1.12 bits per heavy atom. The lowest BCUT2D eigenvalue weighted by molar-refractivity contribution is -0.131. The molecular formula is C17H24N4O4. The van der Waals surface area contributed by atoms with Crippen molar-refractivity contribution in [2.45, 2.75) is 12.8 Å². The van der Waals surface area contributed by atoms with Gasteiger partial charge in [-0.05, 0) is 12.1 Å². The van der Waals surface area contributed by atoms with E-state index in [1.807, 2.05) is 18.2 Å². The Hall–Kier alpha value is -2.77. The van der Waals surface area contributed by atoms with E-state index in [2.05, 4.69) is 22.2 Å². The summed E-state index contributed by atoms with van der Waals surface area (Å²) in [6.45, 7) is 2.81. The maximum atomic E-state index is 12.3. The molecule has 0 saturated carbocycles. The Morgan fingerprint density at radius 2 is 1.76 bits per heavy atom. The third-order valence-corrected chi connectivity index (χ3v) is 3.99. The first kappa shape index (κ1) is 18.6. The predicted molar refractivity (Wildman–Crippen MR) is 93.9 cm³/mol. The third kappa shape index (κ3) is 5.37. The van der Waals surface area contributed by atoms with Gasteiger partial charge in [0.1, 0.15) is 0 Å². The van der Waals surface area contributed by atoms with Gasteiger partial charge in [-0.2, -0.15) is 0 Å². The molecule has 1 aromatic rings. The smallest absolute Gasteiger partial charge is 0.408 e. The van der Waals surface area contributed by atoms with Crippen LogP contribution < -0.4 is 4.90 Å². The number of amides is 2. The molecular weight excluding hydrogens is 324 g/mol. The van der Waals surface area contributed by atoms with Crippen molar-refractivity contribution in [2.75, 3.05) is 45.2 Å².